The van der Waals surface area contributed by atoms with Crippen LogP contribution in [0.25, 0.3) is 22.2 Å². The van der Waals surface area contributed by atoms with Gasteiger partial charge < -0.3 is 4.90 Å². The van der Waals surface area contributed by atoms with Crippen molar-refractivity contribution in [3.05, 3.63) is 41.6 Å². The number of anilines is 1. The number of fused-ring (bicyclic) bond motifs is 1. The molecule has 0 aliphatic heterocycles. The highest BCUT2D eigenvalue weighted by atomic mass is 32.1. The Morgan fingerprint density at radius 3 is 2.45 bits per heavy atom. The van der Waals surface area contributed by atoms with Gasteiger partial charge in [0.1, 0.15) is 16.0 Å². The largest absolute Gasteiger partial charge is 0.361 e. The lowest BCUT2D eigenvalue weighted by Crippen LogP contribution is -2.20. The van der Waals surface area contributed by atoms with E-state index in [0.717, 1.165) is 29.7 Å². The van der Waals surface area contributed by atoms with Crippen molar-refractivity contribution >= 4 is 27.6 Å². The van der Waals surface area contributed by atoms with Crippen LogP contribution in [0.5, 0.6) is 0 Å². The van der Waals surface area contributed by atoms with E-state index in [1.165, 1.54) is 21.7 Å². The monoisotopic (exact) mass is 311 g/mol. The van der Waals surface area contributed by atoms with Crippen molar-refractivity contribution in [2.24, 2.45) is 0 Å². The lowest BCUT2D eigenvalue weighted by molar-refractivity contribution is 0.878. The molecule has 2 aromatic heterocycles. The van der Waals surface area contributed by atoms with Crippen molar-refractivity contribution in [1.29, 1.82) is 0 Å². The summed E-state index contributed by atoms with van der Waals surface area (Å²) < 4.78 is 4.60. The Kier molecular flexibility index (Phi) is 4.12. The zero-order valence-electron chi connectivity index (χ0n) is 13.6. The summed E-state index contributed by atoms with van der Waals surface area (Å²) in [5.41, 5.74) is 6.96. The van der Waals surface area contributed by atoms with Crippen LogP contribution in [0.3, 0.4) is 0 Å². The number of aromatic nitrogens is 2. The van der Waals surface area contributed by atoms with Gasteiger partial charge in [0.15, 0.2) is 0 Å². The predicted molar refractivity (Wildman–Crippen MR) is 95.9 cm³/mol. The molecule has 0 radical (unpaired) electrons. The lowest BCUT2D eigenvalue weighted by Gasteiger charge is -2.17. The van der Waals surface area contributed by atoms with Gasteiger partial charge in [-0.1, -0.05) is 18.2 Å². The van der Waals surface area contributed by atoms with E-state index >= 15 is 0 Å². The van der Waals surface area contributed by atoms with Gasteiger partial charge in [-0.05, 0) is 62.0 Å². The molecule has 0 amide bonds. The maximum atomic E-state index is 4.69. The fourth-order valence-corrected chi connectivity index (χ4v) is 3.56. The van der Waals surface area contributed by atoms with Gasteiger partial charge in [-0.25, -0.2) is 0 Å². The fourth-order valence-electron chi connectivity index (χ4n) is 2.62. The average molecular weight is 311 g/mol. The topological polar surface area (TPSA) is 29.0 Å². The smallest absolute Gasteiger partial charge is 0.138 e. The van der Waals surface area contributed by atoms with E-state index in [9.17, 15) is 0 Å². The first-order valence-corrected chi connectivity index (χ1v) is 8.49. The van der Waals surface area contributed by atoms with Gasteiger partial charge in [0.25, 0.3) is 0 Å². The molecule has 0 aliphatic rings. The van der Waals surface area contributed by atoms with Gasteiger partial charge in [0.2, 0.25) is 0 Å². The number of hydrogen-bond donors (Lipinski definition) is 0. The van der Waals surface area contributed by atoms with Crippen LogP contribution in [0.1, 0.15) is 25.0 Å². The van der Waals surface area contributed by atoms with Crippen LogP contribution in [0.2, 0.25) is 0 Å². The molecule has 0 spiro atoms. The number of benzene rings is 1. The lowest BCUT2D eigenvalue weighted by atomic mass is 10.0. The highest BCUT2D eigenvalue weighted by Gasteiger charge is 2.13. The highest BCUT2D eigenvalue weighted by molar-refractivity contribution is 7.11. The minimum Gasteiger partial charge on any atom is -0.361 e. The number of rotatable bonds is 4. The predicted octanol–water partition coefficient (Wildman–Crippen LogP) is 4.82. The van der Waals surface area contributed by atoms with Crippen LogP contribution in [0, 0.1) is 13.8 Å². The van der Waals surface area contributed by atoms with Gasteiger partial charge in [-0.15, -0.1) is 0 Å². The second-order valence-corrected chi connectivity index (χ2v) is 6.30. The molecule has 0 atom stereocenters. The van der Waals surface area contributed by atoms with Gasteiger partial charge in [0.05, 0.1) is 0 Å². The minimum atomic E-state index is 0.981. The normalized spacial score (nSPS) is 11.1. The first kappa shape index (κ1) is 15.0. The SMILES string of the molecule is CCN(CC)c1snc2cc(-c3ccc(C)c(C)c3)cnc12. The molecule has 4 heteroatoms. The maximum absolute atomic E-state index is 4.69. The summed E-state index contributed by atoms with van der Waals surface area (Å²) in [5.74, 6) is 0. The van der Waals surface area contributed by atoms with Gasteiger partial charge in [0, 0.05) is 24.8 Å². The summed E-state index contributed by atoms with van der Waals surface area (Å²) in [6.07, 6.45) is 1.97. The molecular formula is C18H21N3S. The number of hydrogen-bond acceptors (Lipinski definition) is 4. The van der Waals surface area contributed by atoms with Crippen LogP contribution in [0.15, 0.2) is 30.5 Å². The Labute approximate surface area is 135 Å². The molecule has 0 saturated carbocycles. The molecule has 114 valence electrons. The molecule has 3 nitrogen and oxygen atoms in total. The number of pyridine rings is 1. The van der Waals surface area contributed by atoms with Gasteiger partial charge >= 0.3 is 0 Å². The molecule has 3 aromatic rings. The molecule has 0 saturated heterocycles. The zero-order valence-corrected chi connectivity index (χ0v) is 14.4. The zero-order chi connectivity index (χ0) is 15.7. The summed E-state index contributed by atoms with van der Waals surface area (Å²) in [7, 11) is 0. The van der Waals surface area contributed by atoms with Crippen LogP contribution >= 0.6 is 11.5 Å². The number of aryl methyl sites for hydroxylation is 2. The summed E-state index contributed by atoms with van der Waals surface area (Å²) in [6, 6.07) is 8.69. The molecule has 2 heterocycles. The second-order valence-electron chi connectivity index (χ2n) is 5.55. The number of nitrogens with zero attached hydrogens (tertiary/aromatic N) is 3. The van der Waals surface area contributed by atoms with Crippen LogP contribution in [0.4, 0.5) is 5.00 Å². The van der Waals surface area contributed by atoms with Crippen molar-refractivity contribution in [2.75, 3.05) is 18.0 Å². The van der Waals surface area contributed by atoms with Crippen LogP contribution in [-0.2, 0) is 0 Å². The standard InChI is InChI=1S/C18H21N3S/c1-5-21(6-2)18-17-16(20-22-18)10-15(11-19-17)14-8-7-12(3)13(4)9-14/h7-11H,5-6H2,1-4H3. The highest BCUT2D eigenvalue weighted by Crippen LogP contribution is 2.32. The Hall–Kier alpha value is -1.94. The molecule has 3 rings (SSSR count). The van der Waals surface area contributed by atoms with E-state index in [1.54, 1.807) is 11.5 Å². The Morgan fingerprint density at radius 2 is 1.77 bits per heavy atom. The van der Waals surface area contributed by atoms with Crippen molar-refractivity contribution in [2.45, 2.75) is 27.7 Å². The third-order valence-electron chi connectivity index (χ3n) is 4.19. The van der Waals surface area contributed by atoms with E-state index in [-0.39, 0.29) is 0 Å². The molecular weight excluding hydrogens is 290 g/mol. The summed E-state index contributed by atoms with van der Waals surface area (Å²) in [5, 5.41) is 1.17. The maximum Gasteiger partial charge on any atom is 0.138 e. The van der Waals surface area contributed by atoms with E-state index in [0.29, 0.717) is 0 Å². The summed E-state index contributed by atoms with van der Waals surface area (Å²) >= 11 is 1.54. The Bertz CT molecular complexity index is 803. The van der Waals surface area contributed by atoms with Crippen molar-refractivity contribution in [3.8, 4) is 11.1 Å². The molecule has 22 heavy (non-hydrogen) atoms. The molecule has 0 aliphatic carbocycles. The van der Waals surface area contributed by atoms with Crippen molar-refractivity contribution in [3.63, 3.8) is 0 Å². The van der Waals surface area contributed by atoms with Crippen molar-refractivity contribution in [1.82, 2.24) is 9.36 Å². The van der Waals surface area contributed by atoms with Crippen LogP contribution < -0.4 is 4.90 Å². The molecule has 0 bridgehead atoms. The fraction of sp³-hybridized carbons (Fsp3) is 0.333. The summed E-state index contributed by atoms with van der Waals surface area (Å²) in [4.78, 5) is 7.00. The third kappa shape index (κ3) is 2.59. The molecule has 0 unspecified atom stereocenters. The molecule has 0 N–H and O–H groups in total. The average Bonchev–Trinajstić information content (AvgIpc) is 2.94. The Balaban J connectivity index is 2.05. The van der Waals surface area contributed by atoms with E-state index < -0.39 is 0 Å². The van der Waals surface area contributed by atoms with Crippen molar-refractivity contribution < 1.29 is 0 Å². The quantitative estimate of drug-likeness (QED) is 0.691. The van der Waals surface area contributed by atoms with Gasteiger partial charge in [-0.3, -0.25) is 4.98 Å². The first-order valence-electron chi connectivity index (χ1n) is 7.72. The third-order valence-corrected chi connectivity index (χ3v) is 5.10. The van der Waals surface area contributed by atoms with E-state index in [2.05, 4.69) is 61.2 Å². The minimum absolute atomic E-state index is 0.981. The van der Waals surface area contributed by atoms with E-state index in [4.69, 9.17) is 4.98 Å². The van der Waals surface area contributed by atoms with Crippen LogP contribution in [-0.4, -0.2) is 22.4 Å². The summed E-state index contributed by atoms with van der Waals surface area (Å²) in [6.45, 7) is 10.6. The second kappa shape index (κ2) is 6.05. The van der Waals surface area contributed by atoms with E-state index in [1.807, 2.05) is 6.20 Å². The molecule has 0 fully saturated rings. The first-order chi connectivity index (χ1) is 10.6. The Morgan fingerprint density at radius 1 is 1.00 bits per heavy atom. The van der Waals surface area contributed by atoms with Gasteiger partial charge in [-0.2, -0.15) is 4.37 Å². The molecule has 1 aromatic carbocycles.